The van der Waals surface area contributed by atoms with Crippen LogP contribution >= 0.6 is 43.5 Å². The molecule has 0 amide bonds. The maximum Gasteiger partial charge on any atom is 0.122 e. The van der Waals surface area contributed by atoms with E-state index in [-0.39, 0.29) is 0 Å². The molecule has 2 rings (SSSR count). The van der Waals surface area contributed by atoms with Gasteiger partial charge in [0.05, 0.1) is 21.4 Å². The minimum absolute atomic E-state index is 0.616. The number of benzene rings is 1. The highest BCUT2D eigenvalue weighted by atomic mass is 79.9. The van der Waals surface area contributed by atoms with Gasteiger partial charge in [-0.05, 0) is 49.6 Å². The van der Waals surface area contributed by atoms with Crippen LogP contribution in [0, 0.1) is 0 Å². The second-order valence-corrected chi connectivity index (χ2v) is 5.69. The molecule has 3 nitrogen and oxygen atoms in total. The molecule has 17 heavy (non-hydrogen) atoms. The quantitative estimate of drug-likeness (QED) is 0.863. The number of rotatable bonds is 2. The molecule has 1 atom stereocenters. The fourth-order valence-electron chi connectivity index (χ4n) is 1.57. The molecular formula is C11H9Br2ClN2O. The Morgan fingerprint density at radius 2 is 2.06 bits per heavy atom. The Morgan fingerprint density at radius 1 is 1.35 bits per heavy atom. The van der Waals surface area contributed by atoms with Gasteiger partial charge in [-0.1, -0.05) is 17.7 Å². The van der Waals surface area contributed by atoms with Gasteiger partial charge in [-0.2, -0.15) is 5.10 Å². The van der Waals surface area contributed by atoms with Gasteiger partial charge in [0.2, 0.25) is 0 Å². The van der Waals surface area contributed by atoms with Crippen molar-refractivity contribution < 1.29 is 5.11 Å². The Kier molecular flexibility index (Phi) is 3.92. The number of halogens is 3. The SMILES string of the molecule is Cn1ncc(Br)c1C(O)c1ccc(Cl)c(Br)c1. The van der Waals surface area contributed by atoms with Crippen molar-refractivity contribution in [3.63, 3.8) is 0 Å². The number of hydrogen-bond donors (Lipinski definition) is 1. The topological polar surface area (TPSA) is 38.0 Å². The highest BCUT2D eigenvalue weighted by Gasteiger charge is 2.18. The summed E-state index contributed by atoms with van der Waals surface area (Å²) >= 11 is 12.6. The molecule has 0 saturated heterocycles. The fourth-order valence-corrected chi connectivity index (χ4v) is 2.65. The zero-order valence-corrected chi connectivity index (χ0v) is 12.8. The van der Waals surface area contributed by atoms with Crippen molar-refractivity contribution >= 4 is 43.5 Å². The van der Waals surface area contributed by atoms with Crippen LogP contribution in [0.2, 0.25) is 5.02 Å². The molecule has 1 N–H and O–H groups in total. The van der Waals surface area contributed by atoms with Crippen molar-refractivity contribution in [2.75, 3.05) is 0 Å². The average Bonchev–Trinajstić information content (AvgIpc) is 2.62. The molecule has 0 bridgehead atoms. The van der Waals surface area contributed by atoms with E-state index in [9.17, 15) is 5.11 Å². The van der Waals surface area contributed by atoms with E-state index >= 15 is 0 Å². The van der Waals surface area contributed by atoms with E-state index in [0.29, 0.717) is 10.7 Å². The summed E-state index contributed by atoms with van der Waals surface area (Å²) < 4.78 is 3.17. The van der Waals surface area contributed by atoms with Crippen LogP contribution in [0.25, 0.3) is 0 Å². The van der Waals surface area contributed by atoms with Crippen LogP contribution in [-0.4, -0.2) is 14.9 Å². The summed E-state index contributed by atoms with van der Waals surface area (Å²) in [5, 5.41) is 15.0. The molecule has 0 radical (unpaired) electrons. The smallest absolute Gasteiger partial charge is 0.122 e. The zero-order chi connectivity index (χ0) is 12.6. The number of aliphatic hydroxyl groups excluding tert-OH is 1. The fraction of sp³-hybridized carbons (Fsp3) is 0.182. The Morgan fingerprint density at radius 3 is 2.59 bits per heavy atom. The standard InChI is InChI=1S/C11H9Br2ClN2O/c1-16-10(8(13)5-15-16)11(17)6-2-3-9(14)7(12)4-6/h2-5,11,17H,1H3. The molecule has 1 aromatic heterocycles. The predicted molar refractivity (Wildman–Crippen MR) is 74.1 cm³/mol. The van der Waals surface area contributed by atoms with Gasteiger partial charge < -0.3 is 5.11 Å². The Bertz CT molecular complexity index is 537. The van der Waals surface area contributed by atoms with Crippen LogP contribution in [0.3, 0.4) is 0 Å². The van der Waals surface area contributed by atoms with Crippen LogP contribution in [-0.2, 0) is 7.05 Å². The summed E-state index contributed by atoms with van der Waals surface area (Å²) in [6, 6.07) is 5.33. The predicted octanol–water partition coefficient (Wildman–Crippen LogP) is 3.68. The van der Waals surface area contributed by atoms with Crippen molar-refractivity contribution in [1.82, 2.24) is 9.78 Å². The van der Waals surface area contributed by atoms with E-state index in [4.69, 9.17) is 11.6 Å². The van der Waals surface area contributed by atoms with E-state index in [1.165, 1.54) is 0 Å². The maximum absolute atomic E-state index is 10.3. The summed E-state index contributed by atoms with van der Waals surface area (Å²) in [6.45, 7) is 0. The van der Waals surface area contributed by atoms with Crippen LogP contribution in [0.5, 0.6) is 0 Å². The summed E-state index contributed by atoms with van der Waals surface area (Å²) in [5.41, 5.74) is 1.46. The van der Waals surface area contributed by atoms with Crippen LogP contribution in [0.1, 0.15) is 17.4 Å². The zero-order valence-electron chi connectivity index (χ0n) is 8.86. The van der Waals surface area contributed by atoms with Crippen molar-refractivity contribution in [2.24, 2.45) is 7.05 Å². The van der Waals surface area contributed by atoms with E-state index in [0.717, 1.165) is 14.5 Å². The molecule has 0 aliphatic carbocycles. The van der Waals surface area contributed by atoms with Crippen molar-refractivity contribution in [1.29, 1.82) is 0 Å². The van der Waals surface area contributed by atoms with Gasteiger partial charge in [0.1, 0.15) is 6.10 Å². The normalized spacial score (nSPS) is 12.8. The summed E-state index contributed by atoms with van der Waals surface area (Å²) in [6.07, 6.45) is 0.911. The first-order chi connectivity index (χ1) is 8.00. The molecule has 0 spiro atoms. The van der Waals surface area contributed by atoms with Gasteiger partial charge in [-0.25, -0.2) is 0 Å². The summed E-state index contributed by atoms with van der Waals surface area (Å²) in [7, 11) is 1.79. The molecule has 1 aromatic carbocycles. The largest absolute Gasteiger partial charge is 0.382 e. The lowest BCUT2D eigenvalue weighted by molar-refractivity contribution is 0.209. The van der Waals surface area contributed by atoms with Crippen molar-refractivity contribution in [2.45, 2.75) is 6.10 Å². The minimum atomic E-state index is -0.745. The third-order valence-electron chi connectivity index (χ3n) is 2.46. The van der Waals surface area contributed by atoms with E-state index < -0.39 is 6.10 Å². The molecule has 6 heteroatoms. The van der Waals surface area contributed by atoms with Crippen LogP contribution in [0.15, 0.2) is 33.3 Å². The highest BCUT2D eigenvalue weighted by molar-refractivity contribution is 9.10. The Labute approximate surface area is 121 Å². The molecular weight excluding hydrogens is 371 g/mol. The third-order valence-corrected chi connectivity index (χ3v) is 4.28. The van der Waals surface area contributed by atoms with Gasteiger partial charge in [-0.3, -0.25) is 4.68 Å². The number of nitrogens with zero attached hydrogens (tertiary/aromatic N) is 2. The van der Waals surface area contributed by atoms with Gasteiger partial charge in [0, 0.05) is 11.5 Å². The van der Waals surface area contributed by atoms with E-state index in [1.54, 1.807) is 36.1 Å². The second kappa shape index (κ2) is 5.10. The Balaban J connectivity index is 2.43. The molecule has 0 aliphatic rings. The van der Waals surface area contributed by atoms with E-state index in [2.05, 4.69) is 37.0 Å². The van der Waals surface area contributed by atoms with Crippen molar-refractivity contribution in [3.8, 4) is 0 Å². The molecule has 90 valence electrons. The number of aromatic nitrogens is 2. The lowest BCUT2D eigenvalue weighted by Gasteiger charge is -2.13. The summed E-state index contributed by atoms with van der Waals surface area (Å²) in [5.74, 6) is 0. The first-order valence-electron chi connectivity index (χ1n) is 4.81. The van der Waals surface area contributed by atoms with Crippen LogP contribution in [0.4, 0.5) is 0 Å². The first-order valence-corrected chi connectivity index (χ1v) is 6.77. The summed E-state index contributed by atoms with van der Waals surface area (Å²) in [4.78, 5) is 0. The lowest BCUT2D eigenvalue weighted by atomic mass is 10.1. The lowest BCUT2D eigenvalue weighted by Crippen LogP contribution is -2.07. The molecule has 1 heterocycles. The number of hydrogen-bond acceptors (Lipinski definition) is 2. The average molecular weight is 380 g/mol. The van der Waals surface area contributed by atoms with Gasteiger partial charge >= 0.3 is 0 Å². The molecule has 0 aliphatic heterocycles. The molecule has 0 fully saturated rings. The molecule has 1 unspecified atom stereocenters. The van der Waals surface area contributed by atoms with Gasteiger partial charge in [0.15, 0.2) is 0 Å². The number of aliphatic hydroxyl groups is 1. The van der Waals surface area contributed by atoms with Crippen LogP contribution < -0.4 is 0 Å². The number of aryl methyl sites for hydroxylation is 1. The monoisotopic (exact) mass is 378 g/mol. The van der Waals surface area contributed by atoms with Gasteiger partial charge in [0.25, 0.3) is 0 Å². The maximum atomic E-state index is 10.3. The van der Waals surface area contributed by atoms with E-state index in [1.807, 2.05) is 0 Å². The molecule has 0 saturated carbocycles. The van der Waals surface area contributed by atoms with Crippen molar-refractivity contribution in [3.05, 3.63) is 49.6 Å². The molecule has 2 aromatic rings. The van der Waals surface area contributed by atoms with Gasteiger partial charge in [-0.15, -0.1) is 0 Å². The highest BCUT2D eigenvalue weighted by Crippen LogP contribution is 2.31. The third kappa shape index (κ3) is 2.57. The minimum Gasteiger partial charge on any atom is -0.382 e. The first kappa shape index (κ1) is 13.1. The second-order valence-electron chi connectivity index (χ2n) is 3.58. The Hall–Kier alpha value is -0.360.